The van der Waals surface area contributed by atoms with Crippen LogP contribution in [0.25, 0.3) is 0 Å². The van der Waals surface area contributed by atoms with E-state index < -0.39 is 0 Å². The van der Waals surface area contributed by atoms with Crippen LogP contribution in [-0.4, -0.2) is 21.9 Å². The molecular weight excluding hydrogens is 312 g/mol. The van der Waals surface area contributed by atoms with Gasteiger partial charge in [-0.15, -0.1) is 10.2 Å². The maximum Gasteiger partial charge on any atom is 0.277 e. The second kappa shape index (κ2) is 7.61. The first-order valence-corrected chi connectivity index (χ1v) is 8.44. The molecule has 124 valence electrons. The third-order valence-electron chi connectivity index (χ3n) is 3.41. The summed E-state index contributed by atoms with van der Waals surface area (Å²) in [6.45, 7) is 7.95. The highest BCUT2D eigenvalue weighted by Gasteiger charge is 2.18. The van der Waals surface area contributed by atoms with E-state index in [-0.39, 0.29) is 23.6 Å². The Hall–Kier alpha value is -1.86. The maximum atomic E-state index is 12.0. The monoisotopic (exact) mass is 334 g/mol. The van der Waals surface area contributed by atoms with Crippen molar-refractivity contribution in [1.29, 1.82) is 0 Å². The Labute approximate surface area is 140 Å². The van der Waals surface area contributed by atoms with Crippen molar-refractivity contribution in [2.45, 2.75) is 39.0 Å². The molecule has 0 saturated carbocycles. The van der Waals surface area contributed by atoms with Crippen molar-refractivity contribution >= 4 is 23.4 Å². The SMILES string of the molecule is Cc1ccc(NC(=O)CSc2nnc(C(N)C(C)C)o2)c(C)c1. The summed E-state index contributed by atoms with van der Waals surface area (Å²) in [6.07, 6.45) is 0. The van der Waals surface area contributed by atoms with Gasteiger partial charge in [0.25, 0.3) is 5.22 Å². The van der Waals surface area contributed by atoms with Crippen molar-refractivity contribution in [2.75, 3.05) is 11.1 Å². The first kappa shape index (κ1) is 17.5. The Morgan fingerprint density at radius 2 is 2.09 bits per heavy atom. The fourth-order valence-corrected chi connectivity index (χ4v) is 2.54. The van der Waals surface area contributed by atoms with Crippen molar-refractivity contribution < 1.29 is 9.21 Å². The van der Waals surface area contributed by atoms with Gasteiger partial charge in [-0.3, -0.25) is 4.79 Å². The summed E-state index contributed by atoms with van der Waals surface area (Å²) in [6, 6.07) is 5.61. The van der Waals surface area contributed by atoms with Gasteiger partial charge < -0.3 is 15.5 Å². The highest BCUT2D eigenvalue weighted by atomic mass is 32.2. The summed E-state index contributed by atoms with van der Waals surface area (Å²) < 4.78 is 5.48. The third-order valence-corrected chi connectivity index (χ3v) is 4.23. The lowest BCUT2D eigenvalue weighted by Gasteiger charge is -2.09. The van der Waals surface area contributed by atoms with Gasteiger partial charge in [0.1, 0.15) is 0 Å². The van der Waals surface area contributed by atoms with Crippen LogP contribution in [0.2, 0.25) is 0 Å². The number of benzene rings is 1. The molecule has 0 aliphatic rings. The van der Waals surface area contributed by atoms with Gasteiger partial charge in [-0.1, -0.05) is 43.3 Å². The largest absolute Gasteiger partial charge is 0.414 e. The van der Waals surface area contributed by atoms with Crippen LogP contribution in [-0.2, 0) is 4.79 Å². The second-order valence-corrected chi connectivity index (χ2v) is 6.76. The number of carbonyl (C=O) groups excluding carboxylic acids is 1. The molecule has 1 aromatic heterocycles. The Bertz CT molecular complexity index is 684. The molecule has 1 amide bonds. The van der Waals surface area contributed by atoms with Crippen LogP contribution in [0.3, 0.4) is 0 Å². The summed E-state index contributed by atoms with van der Waals surface area (Å²) in [5, 5.41) is 11.1. The smallest absolute Gasteiger partial charge is 0.277 e. The lowest BCUT2D eigenvalue weighted by molar-refractivity contribution is -0.113. The van der Waals surface area contributed by atoms with Crippen molar-refractivity contribution in [3.8, 4) is 0 Å². The van der Waals surface area contributed by atoms with E-state index in [1.54, 1.807) is 0 Å². The number of aromatic nitrogens is 2. The number of nitrogens with two attached hydrogens (primary N) is 1. The van der Waals surface area contributed by atoms with Crippen LogP contribution in [0.15, 0.2) is 27.8 Å². The molecule has 0 bridgehead atoms. The van der Waals surface area contributed by atoms with Gasteiger partial charge in [-0.25, -0.2) is 0 Å². The number of nitrogens with one attached hydrogen (secondary N) is 1. The molecule has 7 heteroatoms. The van der Waals surface area contributed by atoms with Gasteiger partial charge in [0, 0.05) is 5.69 Å². The lowest BCUT2D eigenvalue weighted by Crippen LogP contribution is -2.16. The number of rotatable bonds is 6. The van der Waals surface area contributed by atoms with E-state index >= 15 is 0 Å². The minimum atomic E-state index is -0.291. The summed E-state index contributed by atoms with van der Waals surface area (Å²) >= 11 is 1.20. The summed E-state index contributed by atoms with van der Waals surface area (Å²) in [4.78, 5) is 12.0. The first-order chi connectivity index (χ1) is 10.9. The zero-order valence-corrected chi connectivity index (χ0v) is 14.6. The molecule has 3 N–H and O–H groups in total. The fraction of sp³-hybridized carbons (Fsp3) is 0.438. The molecule has 23 heavy (non-hydrogen) atoms. The average molecular weight is 334 g/mol. The Morgan fingerprint density at radius 3 is 2.74 bits per heavy atom. The van der Waals surface area contributed by atoms with Crippen molar-refractivity contribution in [3.05, 3.63) is 35.2 Å². The van der Waals surface area contributed by atoms with E-state index in [4.69, 9.17) is 10.2 Å². The van der Waals surface area contributed by atoms with Gasteiger partial charge in [0.15, 0.2) is 0 Å². The number of thioether (sulfide) groups is 1. The summed E-state index contributed by atoms with van der Waals surface area (Å²) in [5.41, 5.74) is 8.96. The van der Waals surface area contributed by atoms with Crippen molar-refractivity contribution in [3.63, 3.8) is 0 Å². The Balaban J connectivity index is 1.89. The highest BCUT2D eigenvalue weighted by Crippen LogP contribution is 2.23. The molecule has 1 heterocycles. The molecule has 0 spiro atoms. The number of aryl methyl sites for hydroxylation is 2. The number of carbonyl (C=O) groups is 1. The molecule has 0 aliphatic carbocycles. The van der Waals surface area contributed by atoms with Crippen LogP contribution in [0.5, 0.6) is 0 Å². The predicted molar refractivity (Wildman–Crippen MR) is 91.3 cm³/mol. The van der Waals surface area contributed by atoms with Gasteiger partial charge in [0.2, 0.25) is 11.8 Å². The molecule has 0 radical (unpaired) electrons. The fourth-order valence-electron chi connectivity index (χ4n) is 1.97. The number of hydrogen-bond acceptors (Lipinski definition) is 6. The van der Waals surface area contributed by atoms with Gasteiger partial charge >= 0.3 is 0 Å². The second-order valence-electron chi connectivity index (χ2n) is 5.83. The lowest BCUT2D eigenvalue weighted by atomic mass is 10.1. The molecule has 2 aromatic rings. The standard InChI is InChI=1S/C16H22N4O2S/c1-9(2)14(17)15-19-20-16(22-15)23-8-13(21)18-12-6-5-10(3)7-11(12)4/h5-7,9,14H,8,17H2,1-4H3,(H,18,21). The normalized spacial score (nSPS) is 12.4. The van der Waals surface area contributed by atoms with E-state index in [9.17, 15) is 4.79 Å². The minimum absolute atomic E-state index is 0.116. The zero-order chi connectivity index (χ0) is 17.0. The van der Waals surface area contributed by atoms with E-state index in [1.165, 1.54) is 11.8 Å². The average Bonchev–Trinajstić information content (AvgIpc) is 2.96. The van der Waals surface area contributed by atoms with E-state index in [0.29, 0.717) is 11.1 Å². The van der Waals surface area contributed by atoms with Crippen LogP contribution in [0.1, 0.15) is 36.9 Å². The third kappa shape index (κ3) is 4.80. The van der Waals surface area contributed by atoms with Crippen LogP contribution in [0.4, 0.5) is 5.69 Å². The quantitative estimate of drug-likeness (QED) is 0.789. The molecule has 0 saturated heterocycles. The molecule has 0 fully saturated rings. The zero-order valence-electron chi connectivity index (χ0n) is 13.8. The number of amides is 1. The van der Waals surface area contributed by atoms with Crippen LogP contribution < -0.4 is 11.1 Å². The molecule has 6 nitrogen and oxygen atoms in total. The van der Waals surface area contributed by atoms with E-state index in [1.807, 2.05) is 45.9 Å². The molecule has 1 unspecified atom stereocenters. The van der Waals surface area contributed by atoms with Gasteiger partial charge in [-0.05, 0) is 31.4 Å². The minimum Gasteiger partial charge on any atom is -0.414 e. The van der Waals surface area contributed by atoms with Crippen LogP contribution >= 0.6 is 11.8 Å². The first-order valence-electron chi connectivity index (χ1n) is 7.45. The molecule has 1 aromatic carbocycles. The van der Waals surface area contributed by atoms with E-state index in [0.717, 1.165) is 16.8 Å². The Morgan fingerprint density at radius 1 is 1.35 bits per heavy atom. The molecule has 2 rings (SSSR count). The van der Waals surface area contributed by atoms with Crippen molar-refractivity contribution in [2.24, 2.45) is 11.7 Å². The molecular formula is C16H22N4O2S. The van der Waals surface area contributed by atoms with Gasteiger partial charge in [-0.2, -0.15) is 0 Å². The van der Waals surface area contributed by atoms with E-state index in [2.05, 4.69) is 15.5 Å². The number of anilines is 1. The van der Waals surface area contributed by atoms with Crippen LogP contribution in [0, 0.1) is 19.8 Å². The summed E-state index contributed by atoms with van der Waals surface area (Å²) in [7, 11) is 0. The van der Waals surface area contributed by atoms with Crippen molar-refractivity contribution in [1.82, 2.24) is 10.2 Å². The Kier molecular flexibility index (Phi) is 5.79. The number of hydrogen-bond donors (Lipinski definition) is 2. The van der Waals surface area contributed by atoms with Gasteiger partial charge in [0.05, 0.1) is 11.8 Å². The molecule has 0 aliphatic heterocycles. The predicted octanol–water partition coefficient (Wildman–Crippen LogP) is 3.07. The molecule has 1 atom stereocenters. The number of nitrogens with zero attached hydrogens (tertiary/aromatic N) is 2. The summed E-state index contributed by atoms with van der Waals surface area (Å²) in [5.74, 6) is 0.694. The maximum absolute atomic E-state index is 12.0. The topological polar surface area (TPSA) is 94.0 Å². The highest BCUT2D eigenvalue weighted by molar-refractivity contribution is 7.99.